The Morgan fingerprint density at radius 1 is 0.966 bits per heavy atom. The maximum absolute atomic E-state index is 13.1. The van der Waals surface area contributed by atoms with Crippen LogP contribution in [0.5, 0.6) is 0 Å². The molecule has 0 atom stereocenters. The first kappa shape index (κ1) is 20.5. The highest BCUT2D eigenvalue weighted by molar-refractivity contribution is 5.84. The van der Waals surface area contributed by atoms with Crippen molar-refractivity contribution in [1.82, 2.24) is 9.88 Å². The Labute approximate surface area is 163 Å². The monoisotopic (exact) mass is 408 g/mol. The molecule has 2 aromatic carbocycles. The van der Waals surface area contributed by atoms with Gasteiger partial charge in [-0.05, 0) is 35.4 Å². The molecule has 1 heterocycles. The first-order valence-corrected chi connectivity index (χ1v) is 8.51. The fourth-order valence-corrected chi connectivity index (χ4v) is 2.75. The third kappa shape index (κ3) is 5.64. The average Bonchev–Trinajstić information content (AvgIpc) is 3.12. The number of rotatable bonds is 7. The van der Waals surface area contributed by atoms with Gasteiger partial charge < -0.3 is 9.52 Å². The highest BCUT2D eigenvalue weighted by atomic mass is 19.4. The summed E-state index contributed by atoms with van der Waals surface area (Å²) in [6, 6.07) is 10.5. The molecule has 0 unspecified atom stereocenters. The van der Waals surface area contributed by atoms with Crippen molar-refractivity contribution in [2.45, 2.75) is 25.8 Å². The summed E-state index contributed by atoms with van der Waals surface area (Å²) in [5.74, 6) is -1.47. The standard InChI is InChI=1S/C20H16F4N2O3/c21-16-7-3-14(4-8-16)10-26(11-18-25-17(12-29-18)19(27)28)9-13-1-5-15(6-2-13)20(22,23)24/h1-8,12H,9-11H2,(H,27,28). The number of hydrogen-bond acceptors (Lipinski definition) is 4. The topological polar surface area (TPSA) is 66.6 Å². The van der Waals surface area contributed by atoms with Crippen LogP contribution in [0.25, 0.3) is 0 Å². The lowest BCUT2D eigenvalue weighted by atomic mass is 10.1. The van der Waals surface area contributed by atoms with Gasteiger partial charge in [0.25, 0.3) is 0 Å². The highest BCUT2D eigenvalue weighted by Gasteiger charge is 2.30. The van der Waals surface area contributed by atoms with Gasteiger partial charge in [0.15, 0.2) is 5.69 Å². The SMILES string of the molecule is O=C(O)c1coc(CN(Cc2ccc(F)cc2)Cc2ccc(C(F)(F)F)cc2)n1. The van der Waals surface area contributed by atoms with E-state index in [-0.39, 0.29) is 30.5 Å². The van der Waals surface area contributed by atoms with Crippen LogP contribution in [-0.4, -0.2) is 21.0 Å². The molecule has 0 spiro atoms. The molecule has 3 rings (SSSR count). The van der Waals surface area contributed by atoms with E-state index in [4.69, 9.17) is 9.52 Å². The number of carboxylic acids is 1. The number of nitrogens with zero attached hydrogens (tertiary/aromatic N) is 2. The van der Waals surface area contributed by atoms with Crippen LogP contribution in [0.2, 0.25) is 0 Å². The van der Waals surface area contributed by atoms with Gasteiger partial charge in [-0.15, -0.1) is 0 Å². The van der Waals surface area contributed by atoms with Gasteiger partial charge in [-0.25, -0.2) is 14.2 Å². The van der Waals surface area contributed by atoms with Crippen LogP contribution in [0.15, 0.2) is 59.2 Å². The largest absolute Gasteiger partial charge is 0.476 e. The molecule has 3 aromatic rings. The van der Waals surface area contributed by atoms with Crippen LogP contribution in [0, 0.1) is 5.82 Å². The lowest BCUT2D eigenvalue weighted by Gasteiger charge is -2.21. The van der Waals surface area contributed by atoms with Crippen molar-refractivity contribution in [3.63, 3.8) is 0 Å². The van der Waals surface area contributed by atoms with E-state index < -0.39 is 17.7 Å². The first-order valence-electron chi connectivity index (χ1n) is 8.51. The number of carbonyl (C=O) groups is 1. The predicted octanol–water partition coefficient (Wildman–Crippen LogP) is 4.73. The molecule has 0 aliphatic heterocycles. The fraction of sp³-hybridized carbons (Fsp3) is 0.200. The number of halogens is 4. The Kier molecular flexibility index (Phi) is 5.97. The third-order valence-corrected chi connectivity index (χ3v) is 4.14. The minimum absolute atomic E-state index is 0.117. The molecule has 9 heteroatoms. The molecular formula is C20H16F4N2O3. The number of aromatic carboxylic acids is 1. The second-order valence-corrected chi connectivity index (χ2v) is 6.40. The summed E-state index contributed by atoms with van der Waals surface area (Å²) in [5, 5.41) is 8.96. The Morgan fingerprint density at radius 3 is 2.00 bits per heavy atom. The maximum Gasteiger partial charge on any atom is 0.416 e. The zero-order valence-corrected chi connectivity index (χ0v) is 15.0. The summed E-state index contributed by atoms with van der Waals surface area (Å²) in [6.45, 7) is 0.693. The fourth-order valence-electron chi connectivity index (χ4n) is 2.75. The maximum atomic E-state index is 13.1. The molecule has 0 amide bonds. The number of alkyl halides is 3. The number of benzene rings is 2. The van der Waals surface area contributed by atoms with E-state index in [1.54, 1.807) is 17.0 Å². The molecule has 1 N–H and O–H groups in total. The Balaban J connectivity index is 1.79. The lowest BCUT2D eigenvalue weighted by molar-refractivity contribution is -0.137. The van der Waals surface area contributed by atoms with Gasteiger partial charge in [-0.2, -0.15) is 13.2 Å². The van der Waals surface area contributed by atoms with Gasteiger partial charge >= 0.3 is 12.1 Å². The van der Waals surface area contributed by atoms with E-state index in [1.165, 1.54) is 24.3 Å². The summed E-state index contributed by atoms with van der Waals surface area (Å²) < 4.78 is 56.6. The van der Waals surface area contributed by atoms with Gasteiger partial charge in [-0.1, -0.05) is 24.3 Å². The zero-order chi connectivity index (χ0) is 21.0. The van der Waals surface area contributed by atoms with E-state index in [1.807, 2.05) is 0 Å². The number of oxazole rings is 1. The van der Waals surface area contributed by atoms with Crippen molar-refractivity contribution >= 4 is 5.97 Å². The smallest absolute Gasteiger partial charge is 0.416 e. The summed E-state index contributed by atoms with van der Waals surface area (Å²) in [4.78, 5) is 16.6. The third-order valence-electron chi connectivity index (χ3n) is 4.14. The number of aromatic nitrogens is 1. The van der Waals surface area contributed by atoms with Crippen LogP contribution >= 0.6 is 0 Å². The normalized spacial score (nSPS) is 11.8. The minimum atomic E-state index is -4.42. The molecule has 0 radical (unpaired) electrons. The second kappa shape index (κ2) is 8.44. The molecule has 0 saturated heterocycles. The van der Waals surface area contributed by atoms with Crippen molar-refractivity contribution in [3.8, 4) is 0 Å². The van der Waals surface area contributed by atoms with E-state index in [9.17, 15) is 22.4 Å². The molecule has 0 fully saturated rings. The van der Waals surface area contributed by atoms with Crippen LogP contribution in [0.3, 0.4) is 0 Å². The van der Waals surface area contributed by atoms with Gasteiger partial charge in [0, 0.05) is 13.1 Å². The molecule has 0 saturated carbocycles. The van der Waals surface area contributed by atoms with Crippen LogP contribution in [-0.2, 0) is 25.8 Å². The Hall–Kier alpha value is -3.20. The van der Waals surface area contributed by atoms with Crippen molar-refractivity contribution in [1.29, 1.82) is 0 Å². The van der Waals surface area contributed by atoms with E-state index in [0.717, 1.165) is 24.0 Å². The average molecular weight is 408 g/mol. The minimum Gasteiger partial charge on any atom is -0.476 e. The van der Waals surface area contributed by atoms with E-state index >= 15 is 0 Å². The molecular weight excluding hydrogens is 392 g/mol. The number of hydrogen-bond donors (Lipinski definition) is 1. The molecule has 0 aliphatic carbocycles. The molecule has 29 heavy (non-hydrogen) atoms. The Morgan fingerprint density at radius 2 is 1.52 bits per heavy atom. The van der Waals surface area contributed by atoms with Gasteiger partial charge in [0.1, 0.15) is 12.1 Å². The Bertz CT molecular complexity index is 967. The van der Waals surface area contributed by atoms with E-state index in [2.05, 4.69) is 4.98 Å². The van der Waals surface area contributed by atoms with Gasteiger partial charge in [0.2, 0.25) is 5.89 Å². The first-order chi connectivity index (χ1) is 13.7. The zero-order valence-electron chi connectivity index (χ0n) is 15.0. The van der Waals surface area contributed by atoms with Gasteiger partial charge in [0.05, 0.1) is 12.1 Å². The quantitative estimate of drug-likeness (QED) is 0.573. The lowest BCUT2D eigenvalue weighted by Crippen LogP contribution is -2.23. The van der Waals surface area contributed by atoms with Crippen LogP contribution in [0.4, 0.5) is 17.6 Å². The number of carboxylic acid groups (broad SMARTS) is 1. The highest BCUT2D eigenvalue weighted by Crippen LogP contribution is 2.29. The van der Waals surface area contributed by atoms with Crippen molar-refractivity contribution in [3.05, 3.63) is 88.9 Å². The summed E-state index contributed by atoms with van der Waals surface area (Å²) in [6.07, 6.45) is -3.40. The second-order valence-electron chi connectivity index (χ2n) is 6.40. The molecule has 0 bridgehead atoms. The van der Waals surface area contributed by atoms with Crippen molar-refractivity contribution in [2.24, 2.45) is 0 Å². The summed E-state index contributed by atoms with van der Waals surface area (Å²) in [5.41, 5.74) is 0.398. The predicted molar refractivity (Wildman–Crippen MR) is 94.3 cm³/mol. The van der Waals surface area contributed by atoms with Gasteiger partial charge in [-0.3, -0.25) is 4.90 Å². The van der Waals surface area contributed by atoms with Crippen molar-refractivity contribution < 1.29 is 31.9 Å². The molecule has 0 aliphatic rings. The summed E-state index contributed by atoms with van der Waals surface area (Å²) >= 11 is 0. The van der Waals surface area contributed by atoms with Crippen LogP contribution in [0.1, 0.15) is 33.1 Å². The molecule has 1 aromatic heterocycles. The van der Waals surface area contributed by atoms with Crippen LogP contribution < -0.4 is 0 Å². The van der Waals surface area contributed by atoms with Crippen molar-refractivity contribution in [2.75, 3.05) is 0 Å². The molecule has 5 nitrogen and oxygen atoms in total. The molecule has 152 valence electrons. The van der Waals surface area contributed by atoms with E-state index in [0.29, 0.717) is 12.1 Å². The summed E-state index contributed by atoms with van der Waals surface area (Å²) in [7, 11) is 0.